The van der Waals surface area contributed by atoms with Gasteiger partial charge in [-0.05, 0) is 43.0 Å². The lowest BCUT2D eigenvalue weighted by atomic mass is 9.70. The van der Waals surface area contributed by atoms with E-state index in [1.54, 1.807) is 6.20 Å². The molecule has 0 unspecified atom stereocenters. The van der Waals surface area contributed by atoms with Gasteiger partial charge in [0.05, 0.1) is 10.9 Å². The second kappa shape index (κ2) is 5.23. The number of carboxylic acids is 1. The maximum absolute atomic E-state index is 11.7. The van der Waals surface area contributed by atoms with Crippen molar-refractivity contribution in [3.05, 3.63) is 42.1 Å². The Kier molecular flexibility index (Phi) is 3.43. The lowest BCUT2D eigenvalue weighted by Crippen LogP contribution is -2.35. The molecule has 0 amide bonds. The molecule has 1 heterocycles. The average Bonchev–Trinajstić information content (AvgIpc) is 2.48. The highest BCUT2D eigenvalue weighted by Crippen LogP contribution is 2.39. The molecule has 20 heavy (non-hydrogen) atoms. The van der Waals surface area contributed by atoms with Gasteiger partial charge in [-0.3, -0.25) is 9.78 Å². The molecule has 3 heteroatoms. The number of pyridine rings is 1. The quantitative estimate of drug-likeness (QED) is 0.921. The number of rotatable bonds is 3. The van der Waals surface area contributed by atoms with E-state index >= 15 is 0 Å². The number of benzene rings is 1. The van der Waals surface area contributed by atoms with E-state index in [4.69, 9.17) is 0 Å². The number of hydrogen-bond donors (Lipinski definition) is 1. The van der Waals surface area contributed by atoms with E-state index in [0.29, 0.717) is 6.42 Å². The van der Waals surface area contributed by atoms with Crippen LogP contribution < -0.4 is 0 Å². The number of aromatic nitrogens is 1. The van der Waals surface area contributed by atoms with Gasteiger partial charge in [-0.1, -0.05) is 31.4 Å². The Balaban J connectivity index is 1.92. The van der Waals surface area contributed by atoms with Crippen LogP contribution in [0.15, 0.2) is 36.5 Å². The molecule has 0 spiro atoms. The van der Waals surface area contributed by atoms with Crippen molar-refractivity contribution >= 4 is 16.9 Å². The van der Waals surface area contributed by atoms with E-state index in [0.717, 1.165) is 48.6 Å². The van der Waals surface area contributed by atoms with Crippen LogP contribution in [0.2, 0.25) is 0 Å². The standard InChI is InChI=1S/C17H19NO2/c19-16(20)17(8-2-1-3-9-17)12-13-6-7-15-14(11-13)5-4-10-18-15/h4-7,10-11H,1-3,8-9,12H2,(H,19,20). The van der Waals surface area contributed by atoms with Crippen molar-refractivity contribution in [2.45, 2.75) is 38.5 Å². The minimum absolute atomic E-state index is 0.561. The highest BCUT2D eigenvalue weighted by Gasteiger charge is 2.39. The van der Waals surface area contributed by atoms with E-state index in [-0.39, 0.29) is 0 Å². The van der Waals surface area contributed by atoms with Crippen LogP contribution in [0, 0.1) is 5.41 Å². The van der Waals surface area contributed by atoms with Crippen molar-refractivity contribution in [2.75, 3.05) is 0 Å². The summed E-state index contributed by atoms with van der Waals surface area (Å²) in [6, 6.07) is 10.0. The number of aliphatic carboxylic acids is 1. The van der Waals surface area contributed by atoms with Crippen LogP contribution in [-0.2, 0) is 11.2 Å². The predicted octanol–water partition coefficient (Wildman–Crippen LogP) is 3.81. The minimum Gasteiger partial charge on any atom is -0.481 e. The molecule has 3 rings (SSSR count). The zero-order valence-electron chi connectivity index (χ0n) is 11.5. The highest BCUT2D eigenvalue weighted by atomic mass is 16.4. The fourth-order valence-electron chi connectivity index (χ4n) is 3.32. The number of carboxylic acid groups (broad SMARTS) is 1. The van der Waals surface area contributed by atoms with Crippen LogP contribution in [0.5, 0.6) is 0 Å². The third-order valence-corrected chi connectivity index (χ3v) is 4.47. The largest absolute Gasteiger partial charge is 0.481 e. The number of carbonyl (C=O) groups is 1. The summed E-state index contributed by atoms with van der Waals surface area (Å²) in [5.74, 6) is -0.636. The maximum atomic E-state index is 11.7. The molecule has 1 N–H and O–H groups in total. The first kappa shape index (κ1) is 13.1. The summed E-state index contributed by atoms with van der Waals surface area (Å²) in [5.41, 5.74) is 1.51. The summed E-state index contributed by atoms with van der Waals surface area (Å²) in [6.45, 7) is 0. The Hall–Kier alpha value is -1.90. The summed E-state index contributed by atoms with van der Waals surface area (Å²) in [4.78, 5) is 16.0. The fourth-order valence-corrected chi connectivity index (χ4v) is 3.32. The van der Waals surface area contributed by atoms with Crippen LogP contribution in [-0.4, -0.2) is 16.1 Å². The van der Waals surface area contributed by atoms with Crippen molar-refractivity contribution < 1.29 is 9.90 Å². The van der Waals surface area contributed by atoms with Crippen molar-refractivity contribution in [1.29, 1.82) is 0 Å². The Morgan fingerprint density at radius 2 is 2.00 bits per heavy atom. The molecule has 0 aliphatic heterocycles. The normalized spacial score (nSPS) is 18.0. The van der Waals surface area contributed by atoms with Gasteiger partial charge in [-0.15, -0.1) is 0 Å². The third-order valence-electron chi connectivity index (χ3n) is 4.47. The van der Waals surface area contributed by atoms with Crippen molar-refractivity contribution in [2.24, 2.45) is 5.41 Å². The molecule has 0 radical (unpaired) electrons. The summed E-state index contributed by atoms with van der Waals surface area (Å²) in [7, 11) is 0. The molecule has 1 aliphatic rings. The highest BCUT2D eigenvalue weighted by molar-refractivity contribution is 5.80. The molecule has 0 bridgehead atoms. The number of fused-ring (bicyclic) bond motifs is 1. The maximum Gasteiger partial charge on any atom is 0.309 e. The molecular formula is C17H19NO2. The van der Waals surface area contributed by atoms with E-state index in [2.05, 4.69) is 11.1 Å². The van der Waals surface area contributed by atoms with E-state index in [1.165, 1.54) is 0 Å². The van der Waals surface area contributed by atoms with Crippen LogP contribution in [0.25, 0.3) is 10.9 Å². The first-order valence-corrected chi connectivity index (χ1v) is 7.27. The Morgan fingerprint density at radius 1 is 1.20 bits per heavy atom. The molecule has 0 atom stereocenters. The van der Waals surface area contributed by atoms with Gasteiger partial charge in [0.25, 0.3) is 0 Å². The van der Waals surface area contributed by atoms with Gasteiger partial charge in [0.1, 0.15) is 0 Å². The van der Waals surface area contributed by atoms with E-state index in [1.807, 2.05) is 24.3 Å². The van der Waals surface area contributed by atoms with Crippen molar-refractivity contribution in [1.82, 2.24) is 4.98 Å². The average molecular weight is 269 g/mol. The smallest absolute Gasteiger partial charge is 0.309 e. The zero-order valence-corrected chi connectivity index (χ0v) is 11.5. The molecule has 3 nitrogen and oxygen atoms in total. The van der Waals surface area contributed by atoms with E-state index in [9.17, 15) is 9.90 Å². The topological polar surface area (TPSA) is 50.2 Å². The van der Waals surface area contributed by atoms with Gasteiger partial charge < -0.3 is 5.11 Å². The molecule has 2 aromatic rings. The summed E-state index contributed by atoms with van der Waals surface area (Å²) >= 11 is 0. The first-order valence-electron chi connectivity index (χ1n) is 7.27. The molecule has 1 saturated carbocycles. The zero-order chi connectivity index (χ0) is 14.0. The van der Waals surface area contributed by atoms with Gasteiger partial charge in [0.15, 0.2) is 0 Å². The Morgan fingerprint density at radius 3 is 2.75 bits per heavy atom. The molecule has 0 saturated heterocycles. The summed E-state index contributed by atoms with van der Waals surface area (Å²) in [6.07, 6.45) is 7.23. The Bertz CT molecular complexity index is 630. The summed E-state index contributed by atoms with van der Waals surface area (Å²) in [5, 5.41) is 10.7. The van der Waals surface area contributed by atoms with Gasteiger partial charge in [0.2, 0.25) is 0 Å². The Labute approximate surface area is 118 Å². The molecule has 1 aromatic heterocycles. The molecular weight excluding hydrogens is 250 g/mol. The minimum atomic E-state index is -0.636. The second-order valence-electron chi connectivity index (χ2n) is 5.85. The predicted molar refractivity (Wildman–Crippen MR) is 78.6 cm³/mol. The second-order valence-corrected chi connectivity index (χ2v) is 5.85. The number of nitrogens with zero attached hydrogens (tertiary/aromatic N) is 1. The van der Waals surface area contributed by atoms with Crippen LogP contribution in [0.3, 0.4) is 0 Å². The SMILES string of the molecule is O=C(O)C1(Cc2ccc3ncccc3c2)CCCCC1. The van der Waals surface area contributed by atoms with Gasteiger partial charge in [-0.2, -0.15) is 0 Å². The van der Waals surface area contributed by atoms with Crippen molar-refractivity contribution in [3.63, 3.8) is 0 Å². The van der Waals surface area contributed by atoms with Gasteiger partial charge in [-0.25, -0.2) is 0 Å². The molecule has 1 aliphatic carbocycles. The lowest BCUT2D eigenvalue weighted by Gasteiger charge is -2.33. The lowest BCUT2D eigenvalue weighted by molar-refractivity contribution is -0.151. The van der Waals surface area contributed by atoms with Crippen LogP contribution in [0.4, 0.5) is 0 Å². The third kappa shape index (κ3) is 2.40. The van der Waals surface area contributed by atoms with Gasteiger partial charge in [0, 0.05) is 11.6 Å². The molecule has 1 fully saturated rings. The number of hydrogen-bond acceptors (Lipinski definition) is 2. The first-order chi connectivity index (χ1) is 9.70. The fraction of sp³-hybridized carbons (Fsp3) is 0.412. The monoisotopic (exact) mass is 269 g/mol. The molecule has 1 aromatic carbocycles. The molecule has 104 valence electrons. The van der Waals surface area contributed by atoms with E-state index < -0.39 is 11.4 Å². The van der Waals surface area contributed by atoms with Crippen LogP contribution >= 0.6 is 0 Å². The van der Waals surface area contributed by atoms with Gasteiger partial charge >= 0.3 is 5.97 Å². The van der Waals surface area contributed by atoms with Crippen LogP contribution in [0.1, 0.15) is 37.7 Å². The van der Waals surface area contributed by atoms with Crippen molar-refractivity contribution in [3.8, 4) is 0 Å². The summed E-state index contributed by atoms with van der Waals surface area (Å²) < 4.78 is 0.